The molecule has 0 aliphatic heterocycles. The molecule has 1 aromatic heterocycles. The van der Waals surface area contributed by atoms with E-state index in [-0.39, 0.29) is 11.5 Å². The van der Waals surface area contributed by atoms with Crippen molar-refractivity contribution in [1.82, 2.24) is 9.36 Å². The molecule has 0 saturated heterocycles. The smallest absolute Gasteiger partial charge is 0.291 e. The predicted molar refractivity (Wildman–Crippen MR) is 83.9 cm³/mol. The van der Waals surface area contributed by atoms with Gasteiger partial charge in [-0.1, -0.05) is 32.0 Å². The Morgan fingerprint density at radius 2 is 1.86 bits per heavy atom. The van der Waals surface area contributed by atoms with Crippen LogP contribution in [0.25, 0.3) is 5.69 Å². The molecule has 0 aliphatic rings. The van der Waals surface area contributed by atoms with Gasteiger partial charge < -0.3 is 5.32 Å². The first-order valence-electron chi connectivity index (χ1n) is 7.07. The van der Waals surface area contributed by atoms with Gasteiger partial charge in [-0.15, -0.1) is 0 Å². The van der Waals surface area contributed by atoms with Crippen LogP contribution in [0.5, 0.6) is 0 Å². The molecular weight excluding hydrogens is 266 g/mol. The Bertz CT molecular complexity index is 696. The van der Waals surface area contributed by atoms with E-state index in [9.17, 15) is 9.59 Å². The van der Waals surface area contributed by atoms with E-state index in [1.54, 1.807) is 4.68 Å². The maximum Gasteiger partial charge on any atom is 0.291 e. The molecule has 5 heteroatoms. The number of carbonyl (C=O) groups is 1. The minimum Gasteiger partial charge on any atom is -0.320 e. The molecule has 1 aromatic carbocycles. The van der Waals surface area contributed by atoms with E-state index in [2.05, 4.69) is 19.2 Å². The maximum absolute atomic E-state index is 12.6. The predicted octanol–water partition coefficient (Wildman–Crippen LogP) is 2.56. The molecule has 0 atom stereocenters. The quantitative estimate of drug-likeness (QED) is 0.939. The summed E-state index contributed by atoms with van der Waals surface area (Å²) in [6, 6.07) is 9.68. The Hall–Kier alpha value is -2.30. The van der Waals surface area contributed by atoms with Gasteiger partial charge in [-0.3, -0.25) is 14.3 Å². The molecule has 0 unspecified atom stereocenters. The number of hydrogen-bond donors (Lipinski definition) is 1. The number of nitrogens with one attached hydrogen (secondary N) is 1. The van der Waals surface area contributed by atoms with E-state index in [1.807, 2.05) is 41.9 Å². The third-order valence-corrected chi connectivity index (χ3v) is 3.21. The number of amides is 1. The highest BCUT2D eigenvalue weighted by atomic mass is 16.2. The Kier molecular flexibility index (Phi) is 4.31. The van der Waals surface area contributed by atoms with E-state index in [1.165, 1.54) is 6.92 Å². The highest BCUT2D eigenvalue weighted by molar-refractivity contribution is 5.89. The van der Waals surface area contributed by atoms with E-state index in [0.717, 1.165) is 11.4 Å². The summed E-state index contributed by atoms with van der Waals surface area (Å²) < 4.78 is 3.55. The molecular formula is C16H21N3O2. The van der Waals surface area contributed by atoms with Crippen molar-refractivity contribution < 1.29 is 4.79 Å². The molecule has 21 heavy (non-hydrogen) atoms. The molecule has 1 amide bonds. The molecule has 0 fully saturated rings. The van der Waals surface area contributed by atoms with Crippen LogP contribution in [0.4, 0.5) is 5.69 Å². The Morgan fingerprint density at radius 3 is 2.38 bits per heavy atom. The number of benzene rings is 1. The summed E-state index contributed by atoms with van der Waals surface area (Å²) >= 11 is 0. The Morgan fingerprint density at radius 1 is 1.24 bits per heavy atom. The van der Waals surface area contributed by atoms with Gasteiger partial charge in [0.25, 0.3) is 5.56 Å². The van der Waals surface area contributed by atoms with Gasteiger partial charge in [0.05, 0.1) is 11.4 Å². The first-order valence-corrected chi connectivity index (χ1v) is 7.07. The van der Waals surface area contributed by atoms with Gasteiger partial charge in [0.2, 0.25) is 5.91 Å². The lowest BCUT2D eigenvalue weighted by Gasteiger charge is -2.15. The van der Waals surface area contributed by atoms with Crippen molar-refractivity contribution in [2.45, 2.75) is 34.2 Å². The third kappa shape index (κ3) is 3.07. The van der Waals surface area contributed by atoms with Crippen LogP contribution in [0.2, 0.25) is 0 Å². The summed E-state index contributed by atoms with van der Waals surface area (Å²) in [6.07, 6.45) is 0. The lowest BCUT2D eigenvalue weighted by molar-refractivity contribution is -0.114. The molecule has 0 spiro atoms. The molecule has 2 aromatic rings. The largest absolute Gasteiger partial charge is 0.320 e. The van der Waals surface area contributed by atoms with Gasteiger partial charge in [-0.05, 0) is 25.0 Å². The summed E-state index contributed by atoms with van der Waals surface area (Å²) in [5.41, 5.74) is 1.83. The van der Waals surface area contributed by atoms with Gasteiger partial charge in [-0.25, -0.2) is 4.68 Å². The van der Waals surface area contributed by atoms with Crippen LogP contribution in [0, 0.1) is 12.8 Å². The van der Waals surface area contributed by atoms with Crippen LogP contribution in [0.15, 0.2) is 35.1 Å². The number of anilines is 1. The molecule has 5 nitrogen and oxygen atoms in total. The molecule has 0 aliphatic carbocycles. The zero-order valence-electron chi connectivity index (χ0n) is 12.9. The summed E-state index contributed by atoms with van der Waals surface area (Å²) in [7, 11) is 0. The second kappa shape index (κ2) is 5.99. The van der Waals surface area contributed by atoms with Crippen molar-refractivity contribution in [1.29, 1.82) is 0 Å². The Labute approximate surface area is 124 Å². The summed E-state index contributed by atoms with van der Waals surface area (Å²) in [6.45, 7) is 7.96. The third-order valence-electron chi connectivity index (χ3n) is 3.21. The highest BCUT2D eigenvalue weighted by Crippen LogP contribution is 2.18. The van der Waals surface area contributed by atoms with Gasteiger partial charge in [-0.2, -0.15) is 0 Å². The van der Waals surface area contributed by atoms with Crippen LogP contribution in [0.3, 0.4) is 0 Å². The molecule has 0 bridgehead atoms. The van der Waals surface area contributed by atoms with Crippen LogP contribution < -0.4 is 10.9 Å². The molecule has 1 heterocycles. The molecule has 0 saturated carbocycles. The van der Waals surface area contributed by atoms with Gasteiger partial charge >= 0.3 is 0 Å². The van der Waals surface area contributed by atoms with Crippen molar-refractivity contribution in [3.63, 3.8) is 0 Å². The van der Waals surface area contributed by atoms with E-state index in [0.29, 0.717) is 18.2 Å². The van der Waals surface area contributed by atoms with Crippen LogP contribution in [0.1, 0.15) is 26.5 Å². The van der Waals surface area contributed by atoms with Crippen molar-refractivity contribution >= 4 is 11.6 Å². The fourth-order valence-electron chi connectivity index (χ4n) is 2.39. The SMILES string of the molecule is CC(=O)Nc1c(C)n(-c2ccccc2)n(CC(C)C)c1=O. The minimum atomic E-state index is -0.239. The number of aromatic nitrogens is 2. The second-order valence-electron chi connectivity index (χ2n) is 5.57. The second-order valence-corrected chi connectivity index (χ2v) is 5.57. The molecule has 0 radical (unpaired) electrons. The fourth-order valence-corrected chi connectivity index (χ4v) is 2.39. The van der Waals surface area contributed by atoms with Gasteiger partial charge in [0.15, 0.2) is 0 Å². The maximum atomic E-state index is 12.6. The van der Waals surface area contributed by atoms with E-state index < -0.39 is 0 Å². The van der Waals surface area contributed by atoms with Crippen molar-refractivity contribution in [3.05, 3.63) is 46.4 Å². The first kappa shape index (κ1) is 15.1. The number of carbonyl (C=O) groups excluding carboxylic acids is 1. The summed E-state index contributed by atoms with van der Waals surface area (Å²) in [5, 5.41) is 2.65. The van der Waals surface area contributed by atoms with Crippen LogP contribution in [-0.4, -0.2) is 15.3 Å². The van der Waals surface area contributed by atoms with Crippen molar-refractivity contribution in [2.75, 3.05) is 5.32 Å². The minimum absolute atomic E-state index is 0.166. The standard InChI is InChI=1S/C16H21N3O2/c1-11(2)10-18-16(21)15(17-13(4)20)12(3)19(18)14-8-6-5-7-9-14/h5-9,11H,10H2,1-4H3,(H,17,20). The average molecular weight is 287 g/mol. The van der Waals surface area contributed by atoms with E-state index >= 15 is 0 Å². The van der Waals surface area contributed by atoms with Crippen molar-refractivity contribution in [3.8, 4) is 5.69 Å². The van der Waals surface area contributed by atoms with E-state index in [4.69, 9.17) is 0 Å². The van der Waals surface area contributed by atoms with Crippen LogP contribution >= 0.6 is 0 Å². The number of rotatable bonds is 4. The molecule has 1 N–H and O–H groups in total. The monoisotopic (exact) mass is 287 g/mol. The molecule has 2 rings (SSSR count). The van der Waals surface area contributed by atoms with Gasteiger partial charge in [0, 0.05) is 13.5 Å². The zero-order valence-corrected chi connectivity index (χ0v) is 12.9. The zero-order chi connectivity index (χ0) is 15.6. The van der Waals surface area contributed by atoms with Crippen LogP contribution in [-0.2, 0) is 11.3 Å². The topological polar surface area (TPSA) is 56.0 Å². The van der Waals surface area contributed by atoms with Crippen molar-refractivity contribution in [2.24, 2.45) is 5.92 Å². The average Bonchev–Trinajstić information content (AvgIpc) is 2.63. The fraction of sp³-hybridized carbons (Fsp3) is 0.375. The number of hydrogen-bond acceptors (Lipinski definition) is 2. The lowest BCUT2D eigenvalue weighted by atomic mass is 10.2. The molecule has 112 valence electrons. The number of nitrogens with zero attached hydrogens (tertiary/aromatic N) is 2. The normalized spacial score (nSPS) is 10.9. The summed E-state index contributed by atoms with van der Waals surface area (Å²) in [4.78, 5) is 23.9. The number of para-hydroxylation sites is 1. The highest BCUT2D eigenvalue weighted by Gasteiger charge is 2.19. The Balaban J connectivity index is 2.67. The summed E-state index contributed by atoms with van der Waals surface area (Å²) in [5.74, 6) is 0.0850. The van der Waals surface area contributed by atoms with Gasteiger partial charge in [0.1, 0.15) is 5.69 Å². The lowest BCUT2D eigenvalue weighted by Crippen LogP contribution is -2.26. The first-order chi connectivity index (χ1) is 9.91.